The summed E-state index contributed by atoms with van der Waals surface area (Å²) in [5.74, 6) is 0.0955. The SMILES string of the molecule is O=C(NCCCNC(=O)C12CC3CC(C1)[C@]1(OO[C@]4(CCC(c5ccc(OCCN6CCOCC6)cc5)CC4)O1)C(C3)C2)c1ccc(F)cc1. The number of benzene rings is 2. The van der Waals surface area contributed by atoms with Crippen molar-refractivity contribution in [1.29, 1.82) is 0 Å². The van der Waals surface area contributed by atoms with E-state index in [1.165, 1.54) is 29.8 Å². The second-order valence-corrected chi connectivity index (χ2v) is 15.5. The lowest BCUT2D eigenvalue weighted by atomic mass is 9.47. The zero-order valence-electron chi connectivity index (χ0n) is 28.8. The minimum atomic E-state index is -0.765. The Hall–Kier alpha value is -3.09. The summed E-state index contributed by atoms with van der Waals surface area (Å²) in [5.41, 5.74) is 1.34. The van der Waals surface area contributed by atoms with E-state index in [9.17, 15) is 14.0 Å². The molecule has 11 heteroatoms. The highest BCUT2D eigenvalue weighted by atomic mass is 19.1. The first-order valence-electron chi connectivity index (χ1n) is 18.8. The molecule has 9 rings (SSSR count). The first kappa shape index (κ1) is 34.0. The highest BCUT2D eigenvalue weighted by Crippen LogP contribution is 2.68. The Morgan fingerprint density at radius 1 is 0.880 bits per heavy atom. The van der Waals surface area contributed by atoms with Gasteiger partial charge in [0.2, 0.25) is 17.5 Å². The van der Waals surface area contributed by atoms with E-state index in [-0.39, 0.29) is 29.5 Å². The molecule has 5 saturated carbocycles. The molecule has 2 amide bonds. The van der Waals surface area contributed by atoms with Crippen LogP contribution in [0, 0.1) is 29.0 Å². The van der Waals surface area contributed by atoms with Crippen molar-refractivity contribution in [1.82, 2.24) is 15.5 Å². The van der Waals surface area contributed by atoms with Gasteiger partial charge >= 0.3 is 0 Å². The second-order valence-electron chi connectivity index (χ2n) is 15.5. The number of morpholine rings is 1. The van der Waals surface area contributed by atoms with Crippen LogP contribution in [0.2, 0.25) is 0 Å². The zero-order chi connectivity index (χ0) is 34.2. The molecule has 2 saturated heterocycles. The van der Waals surface area contributed by atoms with Gasteiger partial charge in [0, 0.05) is 63.0 Å². The third kappa shape index (κ3) is 6.79. The number of nitrogens with one attached hydrogen (secondary N) is 2. The minimum absolute atomic E-state index is 0.110. The normalized spacial score (nSPS) is 34.7. The maximum atomic E-state index is 13.7. The van der Waals surface area contributed by atoms with Gasteiger partial charge in [-0.25, -0.2) is 4.39 Å². The van der Waals surface area contributed by atoms with Gasteiger partial charge in [0.25, 0.3) is 5.91 Å². The smallest absolute Gasteiger partial charge is 0.251 e. The fourth-order valence-electron chi connectivity index (χ4n) is 9.89. The summed E-state index contributed by atoms with van der Waals surface area (Å²) < 4.78 is 31.6. The number of hydrogen-bond donors (Lipinski definition) is 2. The van der Waals surface area contributed by atoms with E-state index in [1.54, 1.807) is 0 Å². The summed E-state index contributed by atoms with van der Waals surface area (Å²) in [5, 5.41) is 6.03. The summed E-state index contributed by atoms with van der Waals surface area (Å²) in [6.45, 7) is 6.06. The van der Waals surface area contributed by atoms with Crippen molar-refractivity contribution in [3.05, 3.63) is 65.5 Å². The van der Waals surface area contributed by atoms with Crippen molar-refractivity contribution >= 4 is 11.8 Å². The molecule has 5 aliphatic carbocycles. The van der Waals surface area contributed by atoms with Gasteiger partial charge in [-0.2, -0.15) is 9.78 Å². The van der Waals surface area contributed by atoms with Crippen LogP contribution in [0.1, 0.15) is 86.0 Å². The minimum Gasteiger partial charge on any atom is -0.492 e. The zero-order valence-corrected chi connectivity index (χ0v) is 28.8. The maximum absolute atomic E-state index is 13.7. The van der Waals surface area contributed by atoms with Crippen molar-refractivity contribution in [2.45, 2.75) is 81.7 Å². The van der Waals surface area contributed by atoms with E-state index in [2.05, 4.69) is 39.8 Å². The van der Waals surface area contributed by atoms with Gasteiger partial charge in [-0.3, -0.25) is 14.5 Å². The topological polar surface area (TPSA) is 108 Å². The Balaban J connectivity index is 0.803. The molecule has 2 aromatic rings. The highest BCUT2D eigenvalue weighted by molar-refractivity contribution is 5.94. The molecule has 2 spiro atoms. The quantitative estimate of drug-likeness (QED) is 0.241. The molecule has 2 atom stereocenters. The average Bonchev–Trinajstić information content (AvgIpc) is 3.51. The molecule has 7 aliphatic rings. The van der Waals surface area contributed by atoms with Gasteiger partial charge in [0.15, 0.2) is 0 Å². The fourth-order valence-corrected chi connectivity index (χ4v) is 9.89. The molecule has 0 radical (unpaired) electrons. The van der Waals surface area contributed by atoms with E-state index >= 15 is 0 Å². The van der Waals surface area contributed by atoms with Crippen LogP contribution >= 0.6 is 0 Å². The molecular weight excluding hydrogens is 641 g/mol. The molecule has 0 aromatic heterocycles. The van der Waals surface area contributed by atoms with Crippen LogP contribution in [0.4, 0.5) is 4.39 Å². The van der Waals surface area contributed by atoms with Crippen molar-refractivity contribution in [2.24, 2.45) is 23.2 Å². The summed E-state index contributed by atoms with van der Waals surface area (Å²) in [6.07, 6.45) is 8.52. The first-order valence-corrected chi connectivity index (χ1v) is 18.8. The fraction of sp³-hybridized carbons (Fsp3) is 0.641. The molecule has 4 bridgehead atoms. The molecule has 2 unspecified atom stereocenters. The molecule has 2 aromatic carbocycles. The van der Waals surface area contributed by atoms with Crippen molar-refractivity contribution in [3.8, 4) is 5.75 Å². The number of rotatable bonds is 11. The lowest BCUT2D eigenvalue weighted by Crippen LogP contribution is -2.65. The van der Waals surface area contributed by atoms with Gasteiger partial charge in [0.05, 0.1) is 18.6 Å². The third-order valence-corrected chi connectivity index (χ3v) is 12.4. The first-order chi connectivity index (χ1) is 24.3. The monoisotopic (exact) mass is 691 g/mol. The van der Waals surface area contributed by atoms with Gasteiger partial charge in [-0.15, -0.1) is 0 Å². The summed E-state index contributed by atoms with van der Waals surface area (Å²) >= 11 is 0. The second kappa shape index (κ2) is 14.1. The van der Waals surface area contributed by atoms with Gasteiger partial charge in [-0.1, -0.05) is 12.1 Å². The van der Waals surface area contributed by atoms with Crippen LogP contribution in [-0.4, -0.2) is 80.8 Å². The Morgan fingerprint density at radius 2 is 1.58 bits per heavy atom. The number of carbonyl (C=O) groups excluding carboxylic acids is 2. The Kier molecular flexibility index (Phi) is 9.62. The average molecular weight is 692 g/mol. The maximum Gasteiger partial charge on any atom is 0.251 e. The van der Waals surface area contributed by atoms with E-state index in [0.29, 0.717) is 43.5 Å². The molecule has 7 fully saturated rings. The molecule has 2 heterocycles. The van der Waals surface area contributed by atoms with Gasteiger partial charge in [0.1, 0.15) is 18.2 Å². The molecule has 2 aliphatic heterocycles. The molecule has 2 N–H and O–H groups in total. The number of hydrogen-bond acceptors (Lipinski definition) is 8. The van der Waals surface area contributed by atoms with E-state index in [0.717, 1.165) is 96.4 Å². The Morgan fingerprint density at radius 3 is 2.30 bits per heavy atom. The number of amides is 2. The van der Waals surface area contributed by atoms with Crippen LogP contribution in [-0.2, 0) is 24.0 Å². The van der Waals surface area contributed by atoms with Crippen LogP contribution in [0.25, 0.3) is 0 Å². The van der Waals surface area contributed by atoms with Crippen LogP contribution in [0.3, 0.4) is 0 Å². The predicted molar refractivity (Wildman–Crippen MR) is 181 cm³/mol. The third-order valence-electron chi connectivity index (χ3n) is 12.4. The van der Waals surface area contributed by atoms with Crippen LogP contribution in [0.15, 0.2) is 48.5 Å². The lowest BCUT2D eigenvalue weighted by molar-refractivity contribution is -0.393. The molecule has 50 heavy (non-hydrogen) atoms. The number of ether oxygens (including phenoxy) is 3. The number of nitrogens with zero attached hydrogens (tertiary/aromatic N) is 1. The van der Waals surface area contributed by atoms with Crippen LogP contribution in [0.5, 0.6) is 5.75 Å². The Labute approximate surface area is 293 Å². The largest absolute Gasteiger partial charge is 0.492 e. The number of carbonyl (C=O) groups is 2. The van der Waals surface area contributed by atoms with Crippen molar-refractivity contribution in [2.75, 3.05) is 52.5 Å². The molecule has 270 valence electrons. The lowest BCUT2D eigenvalue weighted by Gasteiger charge is -2.61. The number of halogens is 1. The van der Waals surface area contributed by atoms with Gasteiger partial charge in [-0.05, 0) is 105 Å². The predicted octanol–water partition coefficient (Wildman–Crippen LogP) is 5.33. The van der Waals surface area contributed by atoms with E-state index in [1.807, 2.05) is 0 Å². The Bertz CT molecular complexity index is 1490. The molecular formula is C39H50FN3O7. The molecule has 10 nitrogen and oxygen atoms in total. The van der Waals surface area contributed by atoms with Gasteiger partial charge < -0.3 is 24.8 Å². The summed E-state index contributed by atoms with van der Waals surface area (Å²) in [6, 6.07) is 14.1. The van der Waals surface area contributed by atoms with Crippen LogP contribution < -0.4 is 15.4 Å². The standard InChI is InChI=1S/C39H50FN3O7/c40-33-6-2-30(3-7-33)35(44)41-14-1-15-42-36(45)37-24-27-22-31(25-37)39(32(23-27)26-37)48-38(49-50-39)12-10-29(11-13-38)28-4-8-34(9-5-28)47-21-18-43-16-19-46-20-17-43/h2-9,27,29,31-32H,1,10-26H2,(H,41,44)(H,42,45)/t27?,29?,31?,32?,37?,38-,39-. The van der Waals surface area contributed by atoms with E-state index < -0.39 is 17.0 Å². The highest BCUT2D eigenvalue weighted by Gasteiger charge is 2.71. The van der Waals surface area contributed by atoms with Crippen molar-refractivity contribution < 1.29 is 38.0 Å². The van der Waals surface area contributed by atoms with E-state index in [4.69, 9.17) is 24.0 Å². The summed E-state index contributed by atoms with van der Waals surface area (Å²) in [4.78, 5) is 40.9. The summed E-state index contributed by atoms with van der Waals surface area (Å²) in [7, 11) is 0. The van der Waals surface area contributed by atoms with Crippen molar-refractivity contribution in [3.63, 3.8) is 0 Å².